The quantitative estimate of drug-likeness (QED) is 0.675. The number of rotatable bonds is 9. The minimum absolute atomic E-state index is 0.0922. The third-order valence-electron chi connectivity index (χ3n) is 4.26. The van der Waals surface area contributed by atoms with E-state index in [0.717, 1.165) is 25.1 Å². The highest BCUT2D eigenvalue weighted by molar-refractivity contribution is 6.32. The Hall–Kier alpha value is -0.770. The molecular formula is C18H28ClNO2. The zero-order chi connectivity index (χ0) is 15.8. The van der Waals surface area contributed by atoms with Crippen molar-refractivity contribution in [2.24, 2.45) is 0 Å². The topological polar surface area (TPSA) is 41.5 Å². The lowest BCUT2D eigenvalue weighted by molar-refractivity contribution is 0.206. The predicted molar refractivity (Wildman–Crippen MR) is 91.8 cm³/mol. The Labute approximate surface area is 139 Å². The van der Waals surface area contributed by atoms with Crippen molar-refractivity contribution in [1.82, 2.24) is 5.32 Å². The van der Waals surface area contributed by atoms with E-state index in [1.165, 1.54) is 37.7 Å². The molecule has 0 aromatic heterocycles. The van der Waals surface area contributed by atoms with Crippen molar-refractivity contribution >= 4 is 11.6 Å². The molecule has 1 heterocycles. The number of aliphatic hydroxyl groups is 1. The largest absolute Gasteiger partial charge is 0.487 e. The molecule has 3 nitrogen and oxygen atoms in total. The average Bonchev–Trinajstić information content (AvgIpc) is 2.97. The van der Waals surface area contributed by atoms with E-state index in [-0.39, 0.29) is 18.8 Å². The maximum absolute atomic E-state index is 9.13. The van der Waals surface area contributed by atoms with Crippen molar-refractivity contribution in [3.63, 3.8) is 0 Å². The molecule has 124 valence electrons. The van der Waals surface area contributed by atoms with Crippen LogP contribution >= 0.6 is 11.6 Å². The van der Waals surface area contributed by atoms with E-state index >= 15 is 0 Å². The summed E-state index contributed by atoms with van der Waals surface area (Å²) in [5.74, 6) is 0.752. The van der Waals surface area contributed by atoms with Gasteiger partial charge < -0.3 is 15.2 Å². The van der Waals surface area contributed by atoms with Crippen LogP contribution in [0.3, 0.4) is 0 Å². The number of hydrogen-bond donors (Lipinski definition) is 2. The molecule has 0 aliphatic carbocycles. The molecule has 1 aliphatic rings. The second-order valence-corrected chi connectivity index (χ2v) is 6.60. The number of unbranched alkanes of at least 4 members (excludes halogenated alkanes) is 4. The summed E-state index contributed by atoms with van der Waals surface area (Å²) in [6.07, 6.45) is 8.46. The number of aliphatic hydroxyl groups excluding tert-OH is 1. The first kappa shape index (κ1) is 17.6. The van der Waals surface area contributed by atoms with Gasteiger partial charge in [0.05, 0.1) is 11.6 Å². The number of aryl methyl sites for hydroxylation is 1. The fourth-order valence-corrected chi connectivity index (χ4v) is 3.17. The molecule has 22 heavy (non-hydrogen) atoms. The summed E-state index contributed by atoms with van der Waals surface area (Å²) in [7, 11) is 0. The zero-order valence-corrected chi connectivity index (χ0v) is 14.2. The first-order valence-electron chi connectivity index (χ1n) is 8.52. The molecule has 0 radical (unpaired) electrons. The second kappa shape index (κ2) is 9.39. The Balaban J connectivity index is 1.79. The van der Waals surface area contributed by atoms with Crippen LogP contribution in [0.2, 0.25) is 5.02 Å². The summed E-state index contributed by atoms with van der Waals surface area (Å²) < 4.78 is 5.95. The molecule has 2 atom stereocenters. The third-order valence-corrected chi connectivity index (χ3v) is 4.56. The fourth-order valence-electron chi connectivity index (χ4n) is 2.92. The summed E-state index contributed by atoms with van der Waals surface area (Å²) in [5.41, 5.74) is 1.28. The van der Waals surface area contributed by atoms with Gasteiger partial charge in [0.1, 0.15) is 11.9 Å². The molecule has 0 amide bonds. The highest BCUT2D eigenvalue weighted by Crippen LogP contribution is 2.28. The first-order valence-corrected chi connectivity index (χ1v) is 8.90. The van der Waals surface area contributed by atoms with Gasteiger partial charge in [0.25, 0.3) is 0 Å². The molecule has 0 spiro atoms. The Kier molecular flexibility index (Phi) is 7.50. The number of ether oxygens (including phenoxy) is 1. The highest BCUT2D eigenvalue weighted by atomic mass is 35.5. The average molecular weight is 326 g/mol. The predicted octanol–water partition coefficient (Wildman–Crippen LogP) is 3.95. The standard InChI is InChI=1S/C18H28ClNO2/c1-2-3-4-5-6-7-14-8-9-18(17(19)10-14)22-16-11-15(13-21)20-12-16/h8-10,15-16,20-21H,2-7,11-13H2,1H3/t15-,16-/m0/s1. The first-order chi connectivity index (χ1) is 10.7. The Morgan fingerprint density at radius 1 is 1.27 bits per heavy atom. The Morgan fingerprint density at radius 2 is 2.09 bits per heavy atom. The second-order valence-electron chi connectivity index (χ2n) is 6.19. The van der Waals surface area contributed by atoms with Crippen LogP contribution in [-0.4, -0.2) is 30.4 Å². The van der Waals surface area contributed by atoms with E-state index in [9.17, 15) is 0 Å². The van der Waals surface area contributed by atoms with E-state index in [1.807, 2.05) is 12.1 Å². The number of nitrogens with one attached hydrogen (secondary N) is 1. The van der Waals surface area contributed by atoms with E-state index in [0.29, 0.717) is 5.02 Å². The minimum Gasteiger partial charge on any atom is -0.487 e. The van der Waals surface area contributed by atoms with Gasteiger partial charge in [0.2, 0.25) is 0 Å². The Bertz CT molecular complexity index is 453. The van der Waals surface area contributed by atoms with Crippen LogP contribution in [0.5, 0.6) is 5.75 Å². The van der Waals surface area contributed by atoms with Crippen molar-refractivity contribution in [3.05, 3.63) is 28.8 Å². The summed E-state index contributed by atoms with van der Waals surface area (Å²) in [5, 5.41) is 13.1. The van der Waals surface area contributed by atoms with E-state index in [1.54, 1.807) is 0 Å². The van der Waals surface area contributed by atoms with Gasteiger partial charge in [-0.3, -0.25) is 0 Å². The number of benzene rings is 1. The van der Waals surface area contributed by atoms with Crippen LogP contribution in [0, 0.1) is 0 Å². The lowest BCUT2D eigenvalue weighted by Gasteiger charge is -2.15. The summed E-state index contributed by atoms with van der Waals surface area (Å²) >= 11 is 6.35. The van der Waals surface area contributed by atoms with Crippen LogP contribution in [0.15, 0.2) is 18.2 Å². The van der Waals surface area contributed by atoms with Crippen molar-refractivity contribution < 1.29 is 9.84 Å². The minimum atomic E-state index is 0.0922. The molecule has 4 heteroatoms. The van der Waals surface area contributed by atoms with Gasteiger partial charge in [-0.2, -0.15) is 0 Å². The van der Waals surface area contributed by atoms with Crippen molar-refractivity contribution in [1.29, 1.82) is 0 Å². The van der Waals surface area contributed by atoms with Gasteiger partial charge in [-0.1, -0.05) is 50.3 Å². The van der Waals surface area contributed by atoms with Crippen LogP contribution in [0.1, 0.15) is 51.0 Å². The molecule has 0 unspecified atom stereocenters. The van der Waals surface area contributed by atoms with Gasteiger partial charge in [0, 0.05) is 19.0 Å². The molecule has 0 saturated carbocycles. The van der Waals surface area contributed by atoms with E-state index in [2.05, 4.69) is 18.3 Å². The third kappa shape index (κ3) is 5.45. The highest BCUT2D eigenvalue weighted by Gasteiger charge is 2.25. The van der Waals surface area contributed by atoms with E-state index < -0.39 is 0 Å². The molecule has 1 aromatic carbocycles. The fraction of sp³-hybridized carbons (Fsp3) is 0.667. The summed E-state index contributed by atoms with van der Waals surface area (Å²) in [4.78, 5) is 0. The lowest BCUT2D eigenvalue weighted by Crippen LogP contribution is -2.25. The summed E-state index contributed by atoms with van der Waals surface area (Å²) in [6, 6.07) is 6.28. The van der Waals surface area contributed by atoms with Gasteiger partial charge in [0.15, 0.2) is 0 Å². The molecule has 0 bridgehead atoms. The van der Waals surface area contributed by atoms with Gasteiger partial charge >= 0.3 is 0 Å². The monoisotopic (exact) mass is 325 g/mol. The zero-order valence-electron chi connectivity index (χ0n) is 13.5. The SMILES string of the molecule is CCCCCCCc1ccc(O[C@@H]2CN[C@H](CO)C2)c(Cl)c1. The number of halogens is 1. The summed E-state index contributed by atoms with van der Waals surface area (Å²) in [6.45, 7) is 3.16. The molecule has 2 N–H and O–H groups in total. The lowest BCUT2D eigenvalue weighted by atomic mass is 10.1. The molecule has 1 aromatic rings. The van der Waals surface area contributed by atoms with Crippen LogP contribution in [-0.2, 0) is 6.42 Å². The molecule has 1 fully saturated rings. The Morgan fingerprint density at radius 3 is 2.77 bits per heavy atom. The van der Waals surface area contributed by atoms with Crippen LogP contribution in [0.4, 0.5) is 0 Å². The normalized spacial score (nSPS) is 21.2. The van der Waals surface area contributed by atoms with Crippen molar-refractivity contribution in [2.75, 3.05) is 13.2 Å². The van der Waals surface area contributed by atoms with E-state index in [4.69, 9.17) is 21.4 Å². The van der Waals surface area contributed by atoms with Gasteiger partial charge in [-0.25, -0.2) is 0 Å². The maximum atomic E-state index is 9.13. The van der Waals surface area contributed by atoms with Gasteiger partial charge in [-0.15, -0.1) is 0 Å². The van der Waals surface area contributed by atoms with Crippen molar-refractivity contribution in [2.45, 2.75) is 64.0 Å². The van der Waals surface area contributed by atoms with Crippen LogP contribution in [0.25, 0.3) is 0 Å². The number of hydrogen-bond acceptors (Lipinski definition) is 3. The maximum Gasteiger partial charge on any atom is 0.138 e. The molecule has 2 rings (SSSR count). The van der Waals surface area contributed by atoms with Gasteiger partial charge in [-0.05, 0) is 30.5 Å². The van der Waals surface area contributed by atoms with Crippen molar-refractivity contribution in [3.8, 4) is 5.75 Å². The molecule has 1 saturated heterocycles. The smallest absolute Gasteiger partial charge is 0.138 e. The molecular weight excluding hydrogens is 298 g/mol. The molecule has 1 aliphatic heterocycles. The van der Waals surface area contributed by atoms with Crippen LogP contribution < -0.4 is 10.1 Å².